The molecule has 4 unspecified atom stereocenters. The first kappa shape index (κ1) is 36.4. The molecule has 49 heavy (non-hydrogen) atoms. The summed E-state index contributed by atoms with van der Waals surface area (Å²) in [7, 11) is -5.19. The Morgan fingerprint density at radius 2 is 1.59 bits per heavy atom. The second-order valence-corrected chi connectivity index (χ2v) is 17.0. The van der Waals surface area contributed by atoms with Crippen LogP contribution in [0.3, 0.4) is 0 Å². The number of H-pyrrole nitrogens is 1. The SMILES string of the molecule is Nc1nc2c(ncn2[C@H]2[C@@H]3OP(=O)([O-])OCC45C[C@@H]4[C@@H](n4cnc6c(N)ncnc64)[C@H](O)[C@@H]5OP(=O)([S-])OCC4(C[C@H]24)[C@H]3O)c(=O)[nH]1.[Na+].[Na+]. The topological polar surface area (TPSA) is 294 Å². The number of fused-ring (bicyclic) bond motifs is 3. The van der Waals surface area contributed by atoms with E-state index in [9.17, 15) is 29.0 Å². The number of phosphoric ester groups is 1. The normalized spacial score (nSPS) is 42.4. The quantitative estimate of drug-likeness (QED) is 0.0722. The summed E-state index contributed by atoms with van der Waals surface area (Å²) in [6.07, 6.45) is -1.01. The average Bonchev–Trinajstić information content (AvgIpc) is 3.71. The van der Waals surface area contributed by atoms with Crippen LogP contribution in [-0.4, -0.2) is 86.9 Å². The van der Waals surface area contributed by atoms with Gasteiger partial charge >= 0.3 is 59.1 Å². The molecule has 4 aliphatic carbocycles. The van der Waals surface area contributed by atoms with E-state index >= 15 is 0 Å². The molecule has 0 radical (unpaired) electrons. The molecule has 25 heteroatoms. The maximum atomic E-state index is 13.7. The summed E-state index contributed by atoms with van der Waals surface area (Å²) in [5.41, 5.74) is 9.41. The van der Waals surface area contributed by atoms with E-state index in [2.05, 4.69) is 29.9 Å². The zero-order valence-electron chi connectivity index (χ0n) is 25.9. The van der Waals surface area contributed by atoms with Crippen LogP contribution in [0.1, 0.15) is 24.9 Å². The molecule has 4 saturated carbocycles. The smallest absolute Gasteiger partial charge is 0.756 e. The molecule has 5 aliphatic rings. The van der Waals surface area contributed by atoms with E-state index in [-0.39, 0.29) is 101 Å². The summed E-state index contributed by atoms with van der Waals surface area (Å²) < 4.78 is 52.9. The molecule has 4 aromatic heterocycles. The third kappa shape index (κ3) is 5.39. The molecule has 250 valence electrons. The predicted octanol–water partition coefficient (Wildman–Crippen LogP) is -7.08. The number of imidazole rings is 2. The van der Waals surface area contributed by atoms with Crippen molar-refractivity contribution in [1.29, 1.82) is 0 Å². The molecular formula is C24H26N10Na2O10P2S. The maximum Gasteiger partial charge on any atom is 1.00 e. The van der Waals surface area contributed by atoms with E-state index in [0.29, 0.717) is 11.2 Å². The van der Waals surface area contributed by atoms with Crippen molar-refractivity contribution < 1.29 is 101 Å². The van der Waals surface area contributed by atoms with E-state index in [4.69, 9.17) is 41.8 Å². The van der Waals surface area contributed by atoms with E-state index in [1.54, 1.807) is 4.57 Å². The monoisotopic (exact) mass is 754 g/mol. The van der Waals surface area contributed by atoms with Gasteiger partial charge in [0.25, 0.3) is 13.4 Å². The molecule has 4 aromatic rings. The number of aromatic nitrogens is 8. The van der Waals surface area contributed by atoms with Crippen LogP contribution in [0.2, 0.25) is 0 Å². The first-order valence-electron chi connectivity index (χ1n) is 14.5. The Kier molecular flexibility index (Phi) is 8.93. The summed E-state index contributed by atoms with van der Waals surface area (Å²) in [6.45, 7) is -5.28. The number of nitrogens with two attached hydrogens (primary N) is 2. The molecule has 2 bridgehead atoms. The fourth-order valence-corrected chi connectivity index (χ4v) is 10.8. The Morgan fingerprint density at radius 3 is 2.35 bits per heavy atom. The maximum absolute atomic E-state index is 13.7. The predicted molar refractivity (Wildman–Crippen MR) is 158 cm³/mol. The van der Waals surface area contributed by atoms with E-state index in [1.807, 2.05) is 0 Å². The van der Waals surface area contributed by atoms with Gasteiger partial charge in [0.15, 0.2) is 29.4 Å². The molecule has 12 atom stereocenters. The minimum atomic E-state index is -5.19. The third-order valence-electron chi connectivity index (χ3n) is 10.6. The van der Waals surface area contributed by atoms with Crippen LogP contribution in [0.25, 0.3) is 22.3 Å². The molecule has 1 saturated heterocycles. The third-order valence-corrected chi connectivity index (χ3v) is 13.1. The van der Waals surface area contributed by atoms with E-state index in [1.165, 1.54) is 23.5 Å². The molecule has 9 rings (SSSR count). The van der Waals surface area contributed by atoms with Gasteiger partial charge in [-0.05, 0) is 24.7 Å². The standard InChI is InChI=1S/C24H28N10O10P2S.2Na/c25-18-10-19(28-5-27-18)33(6-29-10)12-8-2-24(8)4-41-45(38,39)43-15-13(34-7-30-11-20(34)31-22(26)32-21(11)37)9-1-23(9,16(15)36)3-42-46(40,47)44-17(24)14(12)35;;/h5-9,12-17,35-36H,1-4H2,(H,38,39)(H,40,47)(H2,25,27,28)(H3,26,31,32,37);;/q;2*+1/p-2/t8-,9-,12-,13-,14+,15+,16+,17+,23?,24?,46?;;/m1../s1. The molecule has 5 fully saturated rings. The van der Waals surface area contributed by atoms with Crippen LogP contribution < -0.4 is 81.0 Å². The molecule has 2 spiro atoms. The zero-order valence-corrected chi connectivity index (χ0v) is 32.5. The summed E-state index contributed by atoms with van der Waals surface area (Å²) in [6, 6.07) is -1.68. The molecule has 5 heterocycles. The van der Waals surface area contributed by atoms with Gasteiger partial charge in [0.1, 0.15) is 30.2 Å². The molecule has 1 aliphatic heterocycles. The van der Waals surface area contributed by atoms with Crippen LogP contribution in [0.15, 0.2) is 23.8 Å². The molecular weight excluding hydrogens is 728 g/mol. The van der Waals surface area contributed by atoms with Crippen molar-refractivity contribution in [1.82, 2.24) is 39.0 Å². The van der Waals surface area contributed by atoms with Gasteiger partial charge in [-0.15, -0.1) is 0 Å². The van der Waals surface area contributed by atoms with Gasteiger partial charge in [-0.25, -0.2) is 19.9 Å². The van der Waals surface area contributed by atoms with Crippen LogP contribution in [0.5, 0.6) is 0 Å². The van der Waals surface area contributed by atoms with Crippen molar-refractivity contribution in [3.63, 3.8) is 0 Å². The Bertz CT molecular complexity index is 2160. The van der Waals surface area contributed by atoms with Gasteiger partial charge in [0.05, 0.1) is 44.1 Å². The number of phosphoric acid groups is 1. The average molecular weight is 755 g/mol. The fraction of sp³-hybridized carbons (Fsp3) is 0.583. The Labute approximate surface area is 325 Å². The summed E-state index contributed by atoms with van der Waals surface area (Å²) in [5.74, 6) is -1.03. The Morgan fingerprint density at radius 1 is 0.939 bits per heavy atom. The summed E-state index contributed by atoms with van der Waals surface area (Å²) in [4.78, 5) is 49.1. The minimum Gasteiger partial charge on any atom is -0.756 e. The van der Waals surface area contributed by atoms with Gasteiger partial charge in [-0.2, -0.15) is 4.98 Å². The molecule has 7 N–H and O–H groups in total. The van der Waals surface area contributed by atoms with E-state index in [0.717, 1.165) is 0 Å². The first-order chi connectivity index (χ1) is 22.3. The largest absolute Gasteiger partial charge is 1.00 e. The van der Waals surface area contributed by atoms with Crippen molar-refractivity contribution in [3.05, 3.63) is 29.3 Å². The zero-order chi connectivity index (χ0) is 32.8. The van der Waals surface area contributed by atoms with Crippen LogP contribution in [0.4, 0.5) is 11.8 Å². The Hall–Kier alpha value is -0.970. The summed E-state index contributed by atoms with van der Waals surface area (Å²) >= 11 is 5.30. The van der Waals surface area contributed by atoms with Crippen molar-refractivity contribution in [2.45, 2.75) is 49.3 Å². The minimum absolute atomic E-state index is 0. The van der Waals surface area contributed by atoms with Gasteiger partial charge in [0, 0.05) is 10.8 Å². The van der Waals surface area contributed by atoms with Gasteiger partial charge in [0.2, 0.25) is 5.95 Å². The molecule has 0 aromatic carbocycles. The second-order valence-electron chi connectivity index (χ2n) is 12.9. The number of nitrogens with zero attached hydrogens (tertiary/aromatic N) is 7. The van der Waals surface area contributed by atoms with Crippen molar-refractivity contribution in [3.8, 4) is 0 Å². The van der Waals surface area contributed by atoms with Gasteiger partial charge < -0.3 is 66.1 Å². The van der Waals surface area contributed by atoms with Gasteiger partial charge in [-0.1, -0.05) is 0 Å². The van der Waals surface area contributed by atoms with Crippen molar-refractivity contribution >= 4 is 61.0 Å². The number of nitrogen functional groups attached to an aromatic ring is 2. The van der Waals surface area contributed by atoms with Crippen LogP contribution in [-0.2, 0) is 39.5 Å². The number of nitrogens with one attached hydrogen (secondary N) is 1. The van der Waals surface area contributed by atoms with Crippen LogP contribution >= 0.6 is 14.6 Å². The van der Waals surface area contributed by atoms with Gasteiger partial charge in [-0.3, -0.25) is 18.9 Å². The second kappa shape index (κ2) is 12.0. The van der Waals surface area contributed by atoms with Crippen molar-refractivity contribution in [2.24, 2.45) is 22.7 Å². The number of anilines is 2. The Balaban J connectivity index is 0.00000189. The number of aromatic amines is 1. The number of rotatable bonds is 2. The van der Waals surface area contributed by atoms with E-state index < -0.39 is 86.0 Å². The fourth-order valence-electron chi connectivity index (χ4n) is 8.28. The molecule has 20 nitrogen and oxygen atoms in total. The molecule has 0 amide bonds. The van der Waals surface area contributed by atoms with Crippen molar-refractivity contribution in [2.75, 3.05) is 24.7 Å². The first-order valence-corrected chi connectivity index (χ1v) is 18.6. The number of aliphatic hydroxyl groups excluding tert-OH is 2. The summed E-state index contributed by atoms with van der Waals surface area (Å²) in [5, 5.41) is 23.1. The van der Waals surface area contributed by atoms with Crippen LogP contribution in [0, 0.1) is 22.7 Å². The number of hydrogen-bond donors (Lipinski definition) is 5. The number of hydrogen-bond acceptors (Lipinski definition) is 18. The number of aliphatic hydroxyl groups is 2.